The summed E-state index contributed by atoms with van der Waals surface area (Å²) in [6.07, 6.45) is 9.78. The lowest BCUT2D eigenvalue weighted by atomic mass is 10.2. The molecule has 3 heterocycles. The molecule has 0 aliphatic carbocycles. The van der Waals surface area contributed by atoms with Crippen molar-refractivity contribution in [1.29, 1.82) is 0 Å². The number of thiophene rings is 1. The van der Waals surface area contributed by atoms with Crippen molar-refractivity contribution in [2.75, 3.05) is 37.7 Å². The van der Waals surface area contributed by atoms with E-state index in [1.54, 1.807) is 23.7 Å². The highest BCUT2D eigenvalue weighted by atomic mass is 32.2. The molecular formula is C26H32N4O4S2. The Kier molecular flexibility index (Phi) is 8.95. The molecule has 0 spiro atoms. The van der Waals surface area contributed by atoms with Gasteiger partial charge in [-0.2, -0.15) is 14.1 Å². The van der Waals surface area contributed by atoms with Crippen molar-refractivity contribution in [1.82, 2.24) is 14.1 Å². The number of sulfonamides is 1. The highest BCUT2D eigenvalue weighted by molar-refractivity contribution is 7.91. The molecule has 2 aromatic heterocycles. The van der Waals surface area contributed by atoms with Crippen LogP contribution in [0.1, 0.15) is 32.6 Å². The van der Waals surface area contributed by atoms with Crippen molar-refractivity contribution in [2.45, 2.75) is 36.8 Å². The van der Waals surface area contributed by atoms with E-state index in [2.05, 4.69) is 24.2 Å². The van der Waals surface area contributed by atoms with Crippen molar-refractivity contribution >= 4 is 27.0 Å². The van der Waals surface area contributed by atoms with Crippen LogP contribution in [0.2, 0.25) is 0 Å². The second kappa shape index (κ2) is 12.3. The van der Waals surface area contributed by atoms with Crippen molar-refractivity contribution < 1.29 is 13.2 Å². The fourth-order valence-electron chi connectivity index (χ4n) is 4.07. The molecule has 1 aromatic carbocycles. The molecule has 0 bridgehead atoms. The molecule has 0 N–H and O–H groups in total. The Balaban J connectivity index is 1.52. The first kappa shape index (κ1) is 26.1. The molecule has 1 aliphatic rings. The molecule has 1 fully saturated rings. The van der Waals surface area contributed by atoms with Crippen LogP contribution in [0.25, 0.3) is 5.69 Å². The van der Waals surface area contributed by atoms with Gasteiger partial charge in [0.15, 0.2) is 0 Å². The molecule has 36 heavy (non-hydrogen) atoms. The molecule has 10 heteroatoms. The summed E-state index contributed by atoms with van der Waals surface area (Å²) in [5.74, 6) is 0.257. The molecule has 0 saturated carbocycles. The van der Waals surface area contributed by atoms with Crippen LogP contribution in [0, 0.1) is 0 Å². The van der Waals surface area contributed by atoms with Gasteiger partial charge in [-0.25, -0.2) is 8.42 Å². The van der Waals surface area contributed by atoms with E-state index < -0.39 is 10.0 Å². The monoisotopic (exact) mass is 528 g/mol. The number of rotatable bonds is 11. The Morgan fingerprint density at radius 2 is 1.81 bits per heavy atom. The van der Waals surface area contributed by atoms with Crippen LogP contribution in [0.15, 0.2) is 75.2 Å². The number of hydrogen-bond acceptors (Lipinski definition) is 7. The van der Waals surface area contributed by atoms with E-state index in [0.29, 0.717) is 48.4 Å². The van der Waals surface area contributed by atoms with Gasteiger partial charge in [-0.15, -0.1) is 11.3 Å². The van der Waals surface area contributed by atoms with E-state index in [1.807, 2.05) is 35.2 Å². The number of aromatic nitrogens is 2. The van der Waals surface area contributed by atoms with Crippen molar-refractivity contribution in [3.63, 3.8) is 0 Å². The molecule has 4 rings (SSSR count). The largest absolute Gasteiger partial charge is 0.486 e. The van der Waals surface area contributed by atoms with Gasteiger partial charge in [-0.1, -0.05) is 43.3 Å². The molecule has 192 valence electrons. The number of unbranched alkanes of at least 4 members (excludes halogenated alkanes) is 2. The minimum Gasteiger partial charge on any atom is -0.486 e. The highest BCUT2D eigenvalue weighted by Gasteiger charge is 2.31. The first-order chi connectivity index (χ1) is 17.5. The van der Waals surface area contributed by atoms with Gasteiger partial charge in [-0.3, -0.25) is 4.79 Å². The topological polar surface area (TPSA) is 84.7 Å². The van der Waals surface area contributed by atoms with Crippen molar-refractivity contribution in [3.8, 4) is 11.4 Å². The lowest BCUT2D eigenvalue weighted by Crippen LogP contribution is -2.49. The highest BCUT2D eigenvalue weighted by Crippen LogP contribution is 2.28. The molecule has 3 aromatic rings. The summed E-state index contributed by atoms with van der Waals surface area (Å²) in [6.45, 7) is 4.07. The van der Waals surface area contributed by atoms with Crippen LogP contribution in [0.5, 0.6) is 5.75 Å². The van der Waals surface area contributed by atoms with Gasteiger partial charge in [-0.05, 0) is 49.3 Å². The Bertz CT molecular complexity index is 1300. The molecule has 8 nitrogen and oxygen atoms in total. The van der Waals surface area contributed by atoms with Crippen LogP contribution in [0.3, 0.4) is 0 Å². The normalized spacial score (nSPS) is 15.0. The maximum absolute atomic E-state index is 13.4. The number of hydrogen-bond donors (Lipinski definition) is 0. The summed E-state index contributed by atoms with van der Waals surface area (Å²) in [5.41, 5.74) is 0.944. The standard InChI is InChI=1S/C26H32N4O4S2/c1-2-3-4-5-6-10-19-34-25-23(21-27-30(26(25)31)22-12-8-7-9-13-22)28-15-17-29(18-16-28)36(32,33)24-14-11-20-35-24/h3-4,7-9,11-14,20-21H,2,5-6,10,15-19H2,1H3/b4-3-. The molecule has 0 unspecified atom stereocenters. The summed E-state index contributed by atoms with van der Waals surface area (Å²) in [6, 6.07) is 12.6. The second-order valence-electron chi connectivity index (χ2n) is 8.46. The van der Waals surface area contributed by atoms with Crippen LogP contribution < -0.4 is 15.2 Å². The number of ether oxygens (including phenoxy) is 1. The SMILES string of the molecule is CC/C=C\CCCCOc1c(N2CCN(S(=O)(=O)c3cccs3)CC2)cnn(-c2ccccc2)c1=O. The Morgan fingerprint density at radius 3 is 2.50 bits per heavy atom. The summed E-state index contributed by atoms with van der Waals surface area (Å²) in [5, 5.41) is 6.18. The number of anilines is 1. The fourth-order valence-corrected chi connectivity index (χ4v) is 6.64. The Morgan fingerprint density at radius 1 is 1.03 bits per heavy atom. The Hall–Kier alpha value is -2.95. The lowest BCUT2D eigenvalue weighted by Gasteiger charge is -2.35. The first-order valence-corrected chi connectivity index (χ1v) is 14.6. The van der Waals surface area contributed by atoms with Gasteiger partial charge in [0.25, 0.3) is 10.0 Å². The maximum atomic E-state index is 13.4. The third-order valence-electron chi connectivity index (χ3n) is 6.00. The molecular weight excluding hydrogens is 496 g/mol. The first-order valence-electron chi connectivity index (χ1n) is 12.3. The predicted molar refractivity (Wildman–Crippen MR) is 144 cm³/mol. The van der Waals surface area contributed by atoms with Crippen molar-refractivity contribution in [3.05, 3.63) is 76.5 Å². The van der Waals surface area contributed by atoms with Gasteiger partial charge in [0.1, 0.15) is 9.90 Å². The van der Waals surface area contributed by atoms with Gasteiger partial charge < -0.3 is 9.64 Å². The number of benzene rings is 1. The molecule has 1 aliphatic heterocycles. The average molecular weight is 529 g/mol. The zero-order valence-corrected chi connectivity index (χ0v) is 22.1. The Labute approximate surface area is 216 Å². The van der Waals surface area contributed by atoms with E-state index in [1.165, 1.54) is 20.3 Å². The predicted octanol–water partition coefficient (Wildman–Crippen LogP) is 4.32. The quantitative estimate of drug-likeness (QED) is 0.272. The molecule has 1 saturated heterocycles. The third kappa shape index (κ3) is 6.05. The molecule has 0 radical (unpaired) electrons. The zero-order chi connectivity index (χ0) is 25.4. The summed E-state index contributed by atoms with van der Waals surface area (Å²) < 4.78 is 35.1. The van der Waals surface area contributed by atoms with E-state index in [4.69, 9.17) is 4.74 Å². The fraction of sp³-hybridized carbons (Fsp3) is 0.385. The van der Waals surface area contributed by atoms with Crippen LogP contribution in [-0.2, 0) is 10.0 Å². The number of nitrogens with zero attached hydrogens (tertiary/aromatic N) is 4. The van der Waals surface area contributed by atoms with E-state index in [-0.39, 0.29) is 11.3 Å². The van der Waals surface area contributed by atoms with Gasteiger partial charge >= 0.3 is 5.56 Å². The summed E-state index contributed by atoms with van der Waals surface area (Å²) in [7, 11) is -3.51. The average Bonchev–Trinajstić information content (AvgIpc) is 3.46. The van der Waals surface area contributed by atoms with E-state index >= 15 is 0 Å². The summed E-state index contributed by atoms with van der Waals surface area (Å²) in [4.78, 5) is 15.4. The second-order valence-corrected chi connectivity index (χ2v) is 11.6. The number of piperazine rings is 1. The van der Waals surface area contributed by atoms with Crippen molar-refractivity contribution in [2.24, 2.45) is 0 Å². The zero-order valence-electron chi connectivity index (χ0n) is 20.5. The van der Waals surface area contributed by atoms with Gasteiger partial charge in [0, 0.05) is 26.2 Å². The molecule has 0 amide bonds. The van der Waals surface area contributed by atoms with Gasteiger partial charge in [0.2, 0.25) is 5.75 Å². The summed E-state index contributed by atoms with van der Waals surface area (Å²) >= 11 is 1.22. The van der Waals surface area contributed by atoms with Gasteiger partial charge in [0.05, 0.1) is 18.5 Å². The number of para-hydroxylation sites is 1. The molecule has 0 atom stereocenters. The van der Waals surface area contributed by atoms with E-state index in [0.717, 1.165) is 25.7 Å². The minimum absolute atomic E-state index is 0.257. The maximum Gasteiger partial charge on any atom is 0.316 e. The number of allylic oxidation sites excluding steroid dienone is 2. The minimum atomic E-state index is -3.51. The lowest BCUT2D eigenvalue weighted by molar-refractivity contribution is 0.299. The van der Waals surface area contributed by atoms with Crippen LogP contribution in [0.4, 0.5) is 5.69 Å². The third-order valence-corrected chi connectivity index (χ3v) is 9.27. The van der Waals surface area contributed by atoms with E-state index in [9.17, 15) is 13.2 Å². The van der Waals surface area contributed by atoms with Crippen LogP contribution in [-0.4, -0.2) is 55.3 Å². The van der Waals surface area contributed by atoms with Crippen LogP contribution >= 0.6 is 11.3 Å². The smallest absolute Gasteiger partial charge is 0.316 e.